The Morgan fingerprint density at radius 2 is 2.06 bits per heavy atom. The first-order valence-electron chi connectivity index (χ1n) is 11.1. The van der Waals surface area contributed by atoms with Crippen LogP contribution in [-0.2, 0) is 22.7 Å². The van der Waals surface area contributed by atoms with Gasteiger partial charge >= 0.3 is 0 Å². The highest BCUT2D eigenvalue weighted by Crippen LogP contribution is 2.39. The van der Waals surface area contributed by atoms with Gasteiger partial charge in [-0.15, -0.1) is 11.3 Å². The Bertz CT molecular complexity index is 1120. The minimum Gasteiger partial charge on any atom is -0.494 e. The van der Waals surface area contributed by atoms with Crippen LogP contribution in [0, 0.1) is 0 Å². The standard InChI is InChI=1S/C23H28N2O5S2/c1-2-3-11-30-17-7-4-6-15(13-17)21(26)25-23-20(18-8-5-9-19(18)31-23)22(27)24-16-10-12-32(28,29)14-16/h4,6-7,13,16H,2-3,5,8-12,14H2,1H3,(H,24,27)(H,25,26). The van der Waals surface area contributed by atoms with Crippen LogP contribution in [0.1, 0.15) is 63.8 Å². The Balaban J connectivity index is 1.51. The number of nitrogens with one attached hydrogen (secondary N) is 2. The molecule has 0 bridgehead atoms. The van der Waals surface area contributed by atoms with Gasteiger partial charge in [-0.25, -0.2) is 8.42 Å². The molecular formula is C23H28N2O5S2. The summed E-state index contributed by atoms with van der Waals surface area (Å²) in [5, 5.41) is 6.32. The van der Waals surface area contributed by atoms with E-state index in [-0.39, 0.29) is 29.4 Å². The number of amides is 2. The zero-order valence-electron chi connectivity index (χ0n) is 18.1. The van der Waals surface area contributed by atoms with Crippen molar-refractivity contribution >= 4 is 38.0 Å². The number of hydrogen-bond donors (Lipinski definition) is 2. The fourth-order valence-corrected chi connectivity index (χ4v) is 7.09. The molecule has 9 heteroatoms. The molecule has 4 rings (SSSR count). The summed E-state index contributed by atoms with van der Waals surface area (Å²) in [5.41, 5.74) is 1.91. The van der Waals surface area contributed by atoms with Gasteiger partial charge in [0.25, 0.3) is 11.8 Å². The largest absolute Gasteiger partial charge is 0.494 e. The lowest BCUT2D eigenvalue weighted by atomic mass is 10.1. The molecule has 1 fully saturated rings. The van der Waals surface area contributed by atoms with Crippen molar-refractivity contribution in [3.05, 3.63) is 45.8 Å². The van der Waals surface area contributed by atoms with Gasteiger partial charge in [0.1, 0.15) is 10.8 Å². The van der Waals surface area contributed by atoms with Crippen LogP contribution >= 0.6 is 11.3 Å². The molecule has 2 amide bonds. The zero-order chi connectivity index (χ0) is 22.7. The number of carbonyl (C=O) groups excluding carboxylic acids is 2. The van der Waals surface area contributed by atoms with Gasteiger partial charge in [-0.05, 0) is 55.9 Å². The van der Waals surface area contributed by atoms with Gasteiger partial charge in [-0.2, -0.15) is 0 Å². The summed E-state index contributed by atoms with van der Waals surface area (Å²) in [4.78, 5) is 27.2. The maximum Gasteiger partial charge on any atom is 0.256 e. The number of unbranched alkanes of at least 4 members (excludes halogenated alkanes) is 1. The summed E-state index contributed by atoms with van der Waals surface area (Å²) in [6, 6.07) is 6.63. The maximum absolute atomic E-state index is 13.1. The molecule has 32 heavy (non-hydrogen) atoms. The molecule has 2 aromatic rings. The molecule has 0 saturated carbocycles. The lowest BCUT2D eigenvalue weighted by Crippen LogP contribution is -2.36. The predicted octanol–water partition coefficient (Wildman–Crippen LogP) is 3.58. The molecule has 1 unspecified atom stereocenters. The summed E-state index contributed by atoms with van der Waals surface area (Å²) >= 11 is 1.44. The van der Waals surface area contributed by atoms with Crippen molar-refractivity contribution in [2.45, 2.75) is 51.5 Å². The molecule has 172 valence electrons. The van der Waals surface area contributed by atoms with Crippen LogP contribution in [-0.4, -0.2) is 44.4 Å². The molecule has 0 radical (unpaired) electrons. The molecule has 7 nitrogen and oxygen atoms in total. The molecule has 2 heterocycles. The molecular weight excluding hydrogens is 448 g/mol. The van der Waals surface area contributed by atoms with Crippen molar-refractivity contribution in [3.8, 4) is 5.75 Å². The highest BCUT2D eigenvalue weighted by Gasteiger charge is 2.32. The zero-order valence-corrected chi connectivity index (χ0v) is 19.7. The summed E-state index contributed by atoms with van der Waals surface area (Å²) in [5.74, 6) is 0.0966. The van der Waals surface area contributed by atoms with Crippen LogP contribution in [0.4, 0.5) is 5.00 Å². The number of sulfone groups is 1. The summed E-state index contributed by atoms with van der Waals surface area (Å²) in [7, 11) is -3.09. The van der Waals surface area contributed by atoms with E-state index in [4.69, 9.17) is 4.74 Å². The molecule has 1 aromatic carbocycles. The second-order valence-corrected chi connectivity index (χ2v) is 11.7. The number of anilines is 1. The second kappa shape index (κ2) is 9.62. The molecule has 0 spiro atoms. The SMILES string of the molecule is CCCCOc1cccc(C(=O)Nc2sc3c(c2C(=O)NC2CCS(=O)(=O)C2)CCC3)c1. The van der Waals surface area contributed by atoms with Crippen molar-refractivity contribution in [2.75, 3.05) is 23.4 Å². The summed E-state index contributed by atoms with van der Waals surface area (Å²) in [6.07, 6.45) is 5.04. The first kappa shape index (κ1) is 22.8. The van der Waals surface area contributed by atoms with Gasteiger partial charge in [0.2, 0.25) is 0 Å². The third-order valence-electron chi connectivity index (χ3n) is 5.81. The smallest absolute Gasteiger partial charge is 0.256 e. The third kappa shape index (κ3) is 5.15. The van der Waals surface area contributed by atoms with E-state index in [0.29, 0.717) is 34.9 Å². The first-order valence-corrected chi connectivity index (χ1v) is 13.7. The van der Waals surface area contributed by atoms with E-state index < -0.39 is 9.84 Å². The van der Waals surface area contributed by atoms with E-state index in [1.54, 1.807) is 18.2 Å². The van der Waals surface area contributed by atoms with Crippen LogP contribution < -0.4 is 15.4 Å². The molecule has 2 N–H and O–H groups in total. The van der Waals surface area contributed by atoms with E-state index >= 15 is 0 Å². The van der Waals surface area contributed by atoms with E-state index in [1.165, 1.54) is 11.3 Å². The van der Waals surface area contributed by atoms with Crippen molar-refractivity contribution < 1.29 is 22.7 Å². The quantitative estimate of drug-likeness (QED) is 0.567. The van der Waals surface area contributed by atoms with Gasteiger partial charge in [-0.1, -0.05) is 19.4 Å². The van der Waals surface area contributed by atoms with Crippen molar-refractivity contribution in [2.24, 2.45) is 0 Å². The number of fused-ring (bicyclic) bond motifs is 1. The van der Waals surface area contributed by atoms with Crippen LogP contribution in [0.15, 0.2) is 24.3 Å². The highest BCUT2D eigenvalue weighted by molar-refractivity contribution is 7.91. The topological polar surface area (TPSA) is 102 Å². The molecule has 1 aliphatic heterocycles. The normalized spacial score (nSPS) is 18.8. The maximum atomic E-state index is 13.1. The number of ether oxygens (including phenoxy) is 1. The fraction of sp³-hybridized carbons (Fsp3) is 0.478. The molecule has 1 atom stereocenters. The van der Waals surface area contributed by atoms with Crippen LogP contribution in [0.3, 0.4) is 0 Å². The number of aryl methyl sites for hydroxylation is 1. The van der Waals surface area contributed by atoms with Gasteiger partial charge in [-0.3, -0.25) is 9.59 Å². The van der Waals surface area contributed by atoms with Crippen LogP contribution in [0.5, 0.6) is 5.75 Å². The lowest BCUT2D eigenvalue weighted by molar-refractivity contribution is 0.0941. The Hall–Kier alpha value is -2.39. The minimum atomic E-state index is -3.09. The van der Waals surface area contributed by atoms with Gasteiger partial charge < -0.3 is 15.4 Å². The third-order valence-corrected chi connectivity index (χ3v) is 8.78. The van der Waals surface area contributed by atoms with E-state index in [9.17, 15) is 18.0 Å². The average molecular weight is 477 g/mol. The van der Waals surface area contributed by atoms with Crippen molar-refractivity contribution in [1.82, 2.24) is 5.32 Å². The number of thiophene rings is 1. The Morgan fingerprint density at radius 1 is 1.22 bits per heavy atom. The molecule has 1 aliphatic carbocycles. The van der Waals surface area contributed by atoms with Crippen LogP contribution in [0.25, 0.3) is 0 Å². The number of benzene rings is 1. The van der Waals surface area contributed by atoms with Crippen LogP contribution in [0.2, 0.25) is 0 Å². The lowest BCUT2D eigenvalue weighted by Gasteiger charge is -2.13. The molecule has 1 aromatic heterocycles. The Kier molecular flexibility index (Phi) is 6.85. The minimum absolute atomic E-state index is 0.0302. The van der Waals surface area contributed by atoms with E-state index in [2.05, 4.69) is 17.6 Å². The molecule has 1 saturated heterocycles. The van der Waals surface area contributed by atoms with Gasteiger partial charge in [0.15, 0.2) is 9.84 Å². The van der Waals surface area contributed by atoms with Crippen molar-refractivity contribution in [3.63, 3.8) is 0 Å². The summed E-state index contributed by atoms with van der Waals surface area (Å²) in [6.45, 7) is 2.69. The van der Waals surface area contributed by atoms with Gasteiger partial charge in [0.05, 0.1) is 23.7 Å². The second-order valence-electron chi connectivity index (χ2n) is 8.32. The fourth-order valence-electron chi connectivity index (χ4n) is 4.14. The number of carbonyl (C=O) groups is 2. The Morgan fingerprint density at radius 3 is 2.81 bits per heavy atom. The number of hydrogen-bond acceptors (Lipinski definition) is 6. The molecule has 2 aliphatic rings. The first-order chi connectivity index (χ1) is 15.4. The Labute approximate surface area is 192 Å². The predicted molar refractivity (Wildman–Crippen MR) is 126 cm³/mol. The average Bonchev–Trinajstić information content (AvgIpc) is 3.42. The highest BCUT2D eigenvalue weighted by atomic mass is 32.2. The van der Waals surface area contributed by atoms with E-state index in [0.717, 1.165) is 42.5 Å². The number of rotatable bonds is 8. The van der Waals surface area contributed by atoms with Crippen molar-refractivity contribution in [1.29, 1.82) is 0 Å². The van der Waals surface area contributed by atoms with Gasteiger partial charge in [0, 0.05) is 16.5 Å². The van der Waals surface area contributed by atoms with E-state index in [1.807, 2.05) is 6.07 Å². The summed E-state index contributed by atoms with van der Waals surface area (Å²) < 4.78 is 29.2. The monoisotopic (exact) mass is 476 g/mol.